The Morgan fingerprint density at radius 1 is 1.24 bits per heavy atom. The third-order valence-corrected chi connectivity index (χ3v) is 3.79. The first-order valence-electron chi connectivity index (χ1n) is 5.43. The molecule has 0 aliphatic heterocycles. The molecule has 0 atom stereocenters. The fourth-order valence-corrected chi connectivity index (χ4v) is 1.90. The Morgan fingerprint density at radius 3 is 2.41 bits per heavy atom. The van der Waals surface area contributed by atoms with Crippen molar-refractivity contribution in [3.63, 3.8) is 0 Å². The van der Waals surface area contributed by atoms with Gasteiger partial charge in [0.15, 0.2) is 0 Å². The normalized spacial score (nSPS) is 10.8. The van der Waals surface area contributed by atoms with Gasteiger partial charge in [0, 0.05) is 11.8 Å². The number of rotatable bonds is 2. The van der Waals surface area contributed by atoms with Gasteiger partial charge in [0.25, 0.3) is 0 Å². The van der Waals surface area contributed by atoms with Crippen LogP contribution in [-0.4, -0.2) is 9.97 Å². The average Bonchev–Trinajstić information content (AvgIpc) is 2.33. The molecule has 1 heterocycles. The van der Waals surface area contributed by atoms with E-state index >= 15 is 0 Å². The maximum absolute atomic E-state index is 5.17. The molecule has 88 valence electrons. The highest BCUT2D eigenvalue weighted by atomic mass is 79.9. The van der Waals surface area contributed by atoms with Crippen LogP contribution in [0.5, 0.6) is 0 Å². The summed E-state index contributed by atoms with van der Waals surface area (Å²) in [5.41, 5.74) is 2.37. The second kappa shape index (κ2) is 5.10. The lowest BCUT2D eigenvalue weighted by Crippen LogP contribution is -1.91. The topological polar surface area (TPSA) is 28.7 Å². The van der Waals surface area contributed by atoms with Crippen molar-refractivity contribution in [2.24, 2.45) is 0 Å². The summed E-state index contributed by atoms with van der Waals surface area (Å²) < 4.78 is 1.48. The number of hydrogen-bond donors (Lipinski definition) is 1. The van der Waals surface area contributed by atoms with Crippen LogP contribution >= 0.6 is 28.1 Å². The molecule has 0 aliphatic rings. The van der Waals surface area contributed by atoms with Gasteiger partial charge in [-0.1, -0.05) is 50.3 Å². The molecule has 1 N–H and O–H groups in total. The van der Waals surface area contributed by atoms with E-state index in [1.165, 1.54) is 5.56 Å². The summed E-state index contributed by atoms with van der Waals surface area (Å²) in [6, 6.07) is 8.38. The minimum absolute atomic E-state index is 0.542. The molecule has 0 fully saturated rings. The minimum atomic E-state index is 0.542. The lowest BCUT2D eigenvalue weighted by molar-refractivity contribution is 0.867. The Labute approximate surface area is 114 Å². The van der Waals surface area contributed by atoms with Crippen LogP contribution in [0.4, 0.5) is 0 Å². The Kier molecular flexibility index (Phi) is 3.74. The highest BCUT2D eigenvalue weighted by Gasteiger charge is 2.03. The number of nitrogens with one attached hydrogen (secondary N) is 1. The molecule has 0 unspecified atom stereocenters. The van der Waals surface area contributed by atoms with E-state index in [1.54, 1.807) is 6.20 Å². The molecular formula is C13H13BrN2S. The molecule has 2 aromatic rings. The predicted molar refractivity (Wildman–Crippen MR) is 76.6 cm³/mol. The smallest absolute Gasteiger partial charge is 0.138 e. The molecule has 0 saturated heterocycles. The number of halogens is 1. The van der Waals surface area contributed by atoms with Crippen LogP contribution in [-0.2, 0) is 0 Å². The van der Waals surface area contributed by atoms with Crippen LogP contribution in [0.15, 0.2) is 34.9 Å². The van der Waals surface area contributed by atoms with Crippen LogP contribution in [0.3, 0.4) is 0 Å². The number of nitrogens with zero attached hydrogens (tertiary/aromatic N) is 1. The molecule has 1 aromatic carbocycles. The summed E-state index contributed by atoms with van der Waals surface area (Å²) in [6.07, 6.45) is 1.73. The van der Waals surface area contributed by atoms with Crippen LogP contribution in [0, 0.1) is 4.64 Å². The van der Waals surface area contributed by atoms with Crippen molar-refractivity contribution in [3.05, 3.63) is 45.1 Å². The van der Waals surface area contributed by atoms with E-state index in [1.807, 2.05) is 0 Å². The SMILES string of the molecule is CC(C)c1ccc(-c2ncc(Br)c(=S)[nH]2)cc1. The highest BCUT2D eigenvalue weighted by molar-refractivity contribution is 9.10. The van der Waals surface area contributed by atoms with Gasteiger partial charge < -0.3 is 4.98 Å². The van der Waals surface area contributed by atoms with Crippen molar-refractivity contribution in [2.75, 3.05) is 0 Å². The van der Waals surface area contributed by atoms with Crippen molar-refractivity contribution in [3.8, 4) is 11.4 Å². The lowest BCUT2D eigenvalue weighted by Gasteiger charge is -2.06. The number of aromatic nitrogens is 2. The van der Waals surface area contributed by atoms with Crippen LogP contribution in [0.2, 0.25) is 0 Å². The van der Waals surface area contributed by atoms with E-state index in [-0.39, 0.29) is 0 Å². The summed E-state index contributed by atoms with van der Waals surface area (Å²) in [6.45, 7) is 4.36. The van der Waals surface area contributed by atoms with Gasteiger partial charge in [-0.25, -0.2) is 4.98 Å². The summed E-state index contributed by atoms with van der Waals surface area (Å²) >= 11 is 8.50. The zero-order chi connectivity index (χ0) is 12.4. The monoisotopic (exact) mass is 308 g/mol. The molecule has 17 heavy (non-hydrogen) atoms. The Morgan fingerprint density at radius 2 is 1.88 bits per heavy atom. The van der Waals surface area contributed by atoms with Gasteiger partial charge in [0.1, 0.15) is 10.5 Å². The van der Waals surface area contributed by atoms with Gasteiger partial charge in [-0.3, -0.25) is 0 Å². The van der Waals surface area contributed by atoms with Gasteiger partial charge in [0.05, 0.1) is 4.47 Å². The second-order valence-electron chi connectivity index (χ2n) is 4.19. The molecule has 0 aliphatic carbocycles. The van der Waals surface area contributed by atoms with Gasteiger partial charge >= 0.3 is 0 Å². The lowest BCUT2D eigenvalue weighted by atomic mass is 10.0. The van der Waals surface area contributed by atoms with E-state index in [0.29, 0.717) is 10.6 Å². The largest absolute Gasteiger partial charge is 0.330 e. The number of H-pyrrole nitrogens is 1. The van der Waals surface area contributed by atoms with Crippen molar-refractivity contribution in [1.29, 1.82) is 0 Å². The van der Waals surface area contributed by atoms with Gasteiger partial charge in [-0.05, 0) is 27.4 Å². The van der Waals surface area contributed by atoms with Gasteiger partial charge in [0.2, 0.25) is 0 Å². The first kappa shape index (κ1) is 12.5. The van der Waals surface area contributed by atoms with Crippen LogP contribution < -0.4 is 0 Å². The van der Waals surface area contributed by atoms with E-state index in [2.05, 4.69) is 64.0 Å². The molecule has 0 saturated carbocycles. The Hall–Kier alpha value is -1.00. The van der Waals surface area contributed by atoms with Crippen LogP contribution in [0.1, 0.15) is 25.3 Å². The van der Waals surface area contributed by atoms with E-state index in [4.69, 9.17) is 12.2 Å². The Balaban J connectivity index is 2.40. The van der Waals surface area contributed by atoms with Gasteiger partial charge in [-0.15, -0.1) is 0 Å². The maximum atomic E-state index is 5.17. The molecule has 0 spiro atoms. The predicted octanol–water partition coefficient (Wildman–Crippen LogP) is 4.69. The molecule has 4 heteroatoms. The quantitative estimate of drug-likeness (QED) is 0.815. The summed E-state index contributed by atoms with van der Waals surface area (Å²) in [7, 11) is 0. The molecule has 1 aromatic heterocycles. The summed E-state index contributed by atoms with van der Waals surface area (Å²) in [4.78, 5) is 7.41. The number of hydrogen-bond acceptors (Lipinski definition) is 2. The first-order valence-corrected chi connectivity index (χ1v) is 6.63. The van der Waals surface area contributed by atoms with E-state index in [9.17, 15) is 0 Å². The molecule has 0 amide bonds. The molecular weight excluding hydrogens is 296 g/mol. The standard InChI is InChI=1S/C13H13BrN2S/c1-8(2)9-3-5-10(6-4-9)12-15-7-11(14)13(17)16-12/h3-8H,1-2H3,(H,15,16,17). The van der Waals surface area contributed by atoms with Crippen molar-refractivity contribution < 1.29 is 0 Å². The first-order chi connectivity index (χ1) is 8.08. The van der Waals surface area contributed by atoms with Crippen LogP contribution in [0.25, 0.3) is 11.4 Å². The summed E-state index contributed by atoms with van der Waals surface area (Å²) in [5.74, 6) is 1.34. The molecule has 0 bridgehead atoms. The fraction of sp³-hybridized carbons (Fsp3) is 0.231. The van der Waals surface area contributed by atoms with Crippen molar-refractivity contribution in [2.45, 2.75) is 19.8 Å². The third kappa shape index (κ3) is 2.82. The molecule has 2 nitrogen and oxygen atoms in total. The second-order valence-corrected chi connectivity index (χ2v) is 5.45. The van der Waals surface area contributed by atoms with E-state index < -0.39 is 0 Å². The highest BCUT2D eigenvalue weighted by Crippen LogP contribution is 2.20. The average molecular weight is 309 g/mol. The maximum Gasteiger partial charge on any atom is 0.138 e. The van der Waals surface area contributed by atoms with E-state index in [0.717, 1.165) is 15.9 Å². The zero-order valence-electron chi connectivity index (χ0n) is 9.70. The molecule has 0 radical (unpaired) electrons. The van der Waals surface area contributed by atoms with Crippen molar-refractivity contribution in [1.82, 2.24) is 9.97 Å². The molecule has 2 rings (SSSR count). The Bertz CT molecular complexity index is 573. The van der Waals surface area contributed by atoms with Gasteiger partial charge in [-0.2, -0.15) is 0 Å². The fourth-order valence-electron chi connectivity index (χ4n) is 1.55. The number of benzene rings is 1. The summed E-state index contributed by atoms with van der Waals surface area (Å²) in [5, 5.41) is 0. The minimum Gasteiger partial charge on any atom is -0.330 e. The number of aromatic amines is 1. The third-order valence-electron chi connectivity index (χ3n) is 2.61. The zero-order valence-corrected chi connectivity index (χ0v) is 12.1. The van der Waals surface area contributed by atoms with Crippen molar-refractivity contribution >= 4 is 28.1 Å².